The third-order valence-corrected chi connectivity index (χ3v) is 2.24. The first-order valence-corrected chi connectivity index (χ1v) is 5.04. The number of nitrogens with two attached hydrogens (primary N) is 1. The SMILES string of the molecule is Cc1ccc(CCN(C)C(=N)NC(=N)N)[nH]1. The van der Waals surface area contributed by atoms with Crippen LogP contribution in [-0.2, 0) is 6.42 Å². The lowest BCUT2D eigenvalue weighted by Crippen LogP contribution is -2.44. The molecule has 0 bridgehead atoms. The normalized spacial score (nSPS) is 9.88. The number of aromatic amines is 1. The summed E-state index contributed by atoms with van der Waals surface area (Å²) in [4.78, 5) is 4.93. The average Bonchev–Trinajstić information content (AvgIpc) is 2.59. The number of hydrogen-bond donors (Lipinski definition) is 5. The van der Waals surface area contributed by atoms with Gasteiger partial charge in [-0.05, 0) is 19.1 Å². The summed E-state index contributed by atoms with van der Waals surface area (Å²) in [5.74, 6) is -0.0802. The van der Waals surface area contributed by atoms with Crippen molar-refractivity contribution in [3.05, 3.63) is 23.5 Å². The third kappa shape index (κ3) is 3.64. The summed E-state index contributed by atoms with van der Waals surface area (Å²) < 4.78 is 0. The predicted octanol–water partition coefficient (Wildman–Crippen LogP) is 0.215. The summed E-state index contributed by atoms with van der Waals surface area (Å²) >= 11 is 0. The van der Waals surface area contributed by atoms with Crippen LogP contribution in [0.3, 0.4) is 0 Å². The van der Waals surface area contributed by atoms with Gasteiger partial charge in [0.1, 0.15) is 0 Å². The second-order valence-corrected chi connectivity index (χ2v) is 3.73. The number of likely N-dealkylation sites (N-methyl/N-ethyl adjacent to an activating group) is 1. The Morgan fingerprint density at radius 2 is 2.19 bits per heavy atom. The summed E-state index contributed by atoms with van der Waals surface area (Å²) in [5, 5.41) is 17.0. The van der Waals surface area contributed by atoms with Crippen molar-refractivity contribution in [3.8, 4) is 0 Å². The molecule has 0 radical (unpaired) electrons. The number of nitrogens with zero attached hydrogens (tertiary/aromatic N) is 1. The van der Waals surface area contributed by atoms with Crippen molar-refractivity contribution in [1.29, 1.82) is 10.8 Å². The van der Waals surface area contributed by atoms with Gasteiger partial charge in [-0.15, -0.1) is 0 Å². The van der Waals surface area contributed by atoms with E-state index in [-0.39, 0.29) is 11.9 Å². The van der Waals surface area contributed by atoms with Gasteiger partial charge in [0.15, 0.2) is 11.9 Å². The minimum atomic E-state index is -0.215. The maximum absolute atomic E-state index is 7.58. The molecule has 0 unspecified atom stereocenters. The Labute approximate surface area is 94.9 Å². The van der Waals surface area contributed by atoms with Crippen molar-refractivity contribution in [2.45, 2.75) is 13.3 Å². The van der Waals surface area contributed by atoms with Gasteiger partial charge in [0.05, 0.1) is 0 Å². The smallest absolute Gasteiger partial charge is 0.197 e. The van der Waals surface area contributed by atoms with E-state index in [0.29, 0.717) is 6.54 Å². The van der Waals surface area contributed by atoms with Crippen molar-refractivity contribution >= 4 is 11.9 Å². The molecule has 0 saturated carbocycles. The molecule has 0 spiro atoms. The average molecular weight is 222 g/mol. The van der Waals surface area contributed by atoms with Crippen LogP contribution in [-0.4, -0.2) is 35.4 Å². The second kappa shape index (κ2) is 5.20. The van der Waals surface area contributed by atoms with Gasteiger partial charge in [-0.3, -0.25) is 16.1 Å². The van der Waals surface area contributed by atoms with Gasteiger partial charge in [-0.25, -0.2) is 0 Å². The highest BCUT2D eigenvalue weighted by molar-refractivity contribution is 5.94. The van der Waals surface area contributed by atoms with Crippen molar-refractivity contribution in [1.82, 2.24) is 15.2 Å². The lowest BCUT2D eigenvalue weighted by molar-refractivity contribution is 0.490. The van der Waals surface area contributed by atoms with Gasteiger partial charge in [0.2, 0.25) is 0 Å². The summed E-state index contributed by atoms with van der Waals surface area (Å²) in [6.07, 6.45) is 0.826. The van der Waals surface area contributed by atoms with E-state index in [2.05, 4.69) is 10.3 Å². The van der Waals surface area contributed by atoms with E-state index in [0.717, 1.165) is 17.8 Å². The summed E-state index contributed by atoms with van der Waals surface area (Å²) in [6.45, 7) is 2.70. The van der Waals surface area contributed by atoms with Crippen LogP contribution in [0.1, 0.15) is 11.4 Å². The van der Waals surface area contributed by atoms with E-state index < -0.39 is 0 Å². The number of hydrogen-bond acceptors (Lipinski definition) is 2. The van der Waals surface area contributed by atoms with Gasteiger partial charge < -0.3 is 15.6 Å². The Bertz CT molecular complexity index is 380. The Morgan fingerprint density at radius 1 is 1.50 bits per heavy atom. The number of guanidine groups is 2. The van der Waals surface area contributed by atoms with Crippen LogP contribution in [0.5, 0.6) is 0 Å². The molecule has 0 saturated heterocycles. The predicted molar refractivity (Wildman–Crippen MR) is 64.6 cm³/mol. The summed E-state index contributed by atoms with van der Waals surface area (Å²) in [5.41, 5.74) is 7.41. The number of aryl methyl sites for hydroxylation is 1. The standard InChI is InChI=1S/C10H18N6/c1-7-3-4-8(14-7)5-6-16(2)10(13)15-9(11)12/h3-4,14H,5-6H2,1-2H3,(H5,11,12,13,15). The molecule has 0 fully saturated rings. The fourth-order valence-corrected chi connectivity index (χ4v) is 1.33. The zero-order valence-electron chi connectivity index (χ0n) is 9.59. The first-order chi connectivity index (χ1) is 7.49. The van der Waals surface area contributed by atoms with Gasteiger partial charge >= 0.3 is 0 Å². The van der Waals surface area contributed by atoms with E-state index >= 15 is 0 Å². The molecular weight excluding hydrogens is 204 g/mol. The second-order valence-electron chi connectivity index (χ2n) is 3.73. The number of nitrogens with one attached hydrogen (secondary N) is 4. The molecule has 0 aromatic carbocycles. The van der Waals surface area contributed by atoms with Crippen LogP contribution in [0.2, 0.25) is 0 Å². The summed E-state index contributed by atoms with van der Waals surface area (Å²) in [6, 6.07) is 4.06. The molecule has 0 aliphatic heterocycles. The maximum Gasteiger partial charge on any atom is 0.197 e. The lowest BCUT2D eigenvalue weighted by atomic mass is 10.3. The monoisotopic (exact) mass is 222 g/mol. The number of rotatable bonds is 3. The Balaban J connectivity index is 2.37. The lowest BCUT2D eigenvalue weighted by Gasteiger charge is -2.19. The van der Waals surface area contributed by atoms with Gasteiger partial charge in [-0.1, -0.05) is 0 Å². The molecule has 0 aliphatic rings. The highest BCUT2D eigenvalue weighted by Gasteiger charge is 2.05. The van der Waals surface area contributed by atoms with E-state index in [9.17, 15) is 0 Å². The molecule has 6 heteroatoms. The van der Waals surface area contributed by atoms with Crippen LogP contribution in [0, 0.1) is 17.7 Å². The van der Waals surface area contributed by atoms with Crippen LogP contribution >= 0.6 is 0 Å². The van der Waals surface area contributed by atoms with Crippen LogP contribution in [0.15, 0.2) is 12.1 Å². The fraction of sp³-hybridized carbons (Fsp3) is 0.400. The van der Waals surface area contributed by atoms with Crippen LogP contribution in [0.25, 0.3) is 0 Å². The van der Waals surface area contributed by atoms with E-state index in [1.165, 1.54) is 0 Å². The Kier molecular flexibility index (Phi) is 3.93. The molecule has 1 heterocycles. The van der Waals surface area contributed by atoms with Crippen molar-refractivity contribution < 1.29 is 0 Å². The molecular formula is C10H18N6. The van der Waals surface area contributed by atoms with Crippen LogP contribution in [0.4, 0.5) is 0 Å². The summed E-state index contributed by atoms with van der Waals surface area (Å²) in [7, 11) is 1.79. The molecule has 1 aromatic heterocycles. The van der Waals surface area contributed by atoms with Crippen molar-refractivity contribution in [3.63, 3.8) is 0 Å². The topological polar surface area (TPSA) is 105 Å². The fourth-order valence-electron chi connectivity index (χ4n) is 1.33. The molecule has 0 aliphatic carbocycles. The number of H-pyrrole nitrogens is 1. The van der Waals surface area contributed by atoms with Gasteiger partial charge in [0, 0.05) is 31.4 Å². The Hall–Kier alpha value is -1.98. The van der Waals surface area contributed by atoms with E-state index in [4.69, 9.17) is 16.6 Å². The first kappa shape index (κ1) is 12.1. The van der Waals surface area contributed by atoms with E-state index in [1.54, 1.807) is 11.9 Å². The molecule has 1 aromatic rings. The zero-order chi connectivity index (χ0) is 12.1. The molecule has 88 valence electrons. The largest absolute Gasteiger partial charge is 0.370 e. The molecule has 16 heavy (non-hydrogen) atoms. The van der Waals surface area contributed by atoms with Crippen LogP contribution < -0.4 is 11.1 Å². The molecule has 0 atom stereocenters. The number of aromatic nitrogens is 1. The van der Waals surface area contributed by atoms with Gasteiger partial charge in [-0.2, -0.15) is 0 Å². The Morgan fingerprint density at radius 3 is 2.69 bits per heavy atom. The third-order valence-electron chi connectivity index (χ3n) is 2.24. The maximum atomic E-state index is 7.58. The van der Waals surface area contributed by atoms with Crippen molar-refractivity contribution in [2.75, 3.05) is 13.6 Å². The molecule has 6 nitrogen and oxygen atoms in total. The minimum absolute atomic E-state index is 0.135. The van der Waals surface area contributed by atoms with Crippen molar-refractivity contribution in [2.24, 2.45) is 5.73 Å². The minimum Gasteiger partial charge on any atom is -0.370 e. The zero-order valence-corrected chi connectivity index (χ0v) is 9.59. The highest BCUT2D eigenvalue weighted by atomic mass is 15.3. The van der Waals surface area contributed by atoms with E-state index in [1.807, 2.05) is 19.1 Å². The quantitative estimate of drug-likeness (QED) is 0.373. The molecule has 6 N–H and O–H groups in total. The molecule has 1 rings (SSSR count). The molecule has 0 amide bonds. The van der Waals surface area contributed by atoms with Gasteiger partial charge in [0.25, 0.3) is 0 Å². The first-order valence-electron chi connectivity index (χ1n) is 5.04. The highest BCUT2D eigenvalue weighted by Crippen LogP contribution is 2.01.